The number of nitrogens with one attached hydrogen (secondary N) is 1. The Morgan fingerprint density at radius 2 is 2.08 bits per heavy atom. The average Bonchev–Trinajstić information content (AvgIpc) is 2.61. The van der Waals surface area contributed by atoms with Gasteiger partial charge < -0.3 is 5.32 Å². The summed E-state index contributed by atoms with van der Waals surface area (Å²) in [7, 11) is 0. The quantitative estimate of drug-likeness (QED) is 0.741. The minimum atomic E-state index is 0.692. The van der Waals surface area contributed by atoms with Crippen LogP contribution in [0.3, 0.4) is 0 Å². The monoisotopic (exact) mass is 173 g/mol. The maximum atomic E-state index is 5.43. The lowest BCUT2D eigenvalue weighted by atomic mass is 10.1. The van der Waals surface area contributed by atoms with Crippen LogP contribution in [0.25, 0.3) is 0 Å². The van der Waals surface area contributed by atoms with Gasteiger partial charge in [-0.2, -0.15) is 0 Å². The molecule has 68 valence electrons. The SMILES string of the molecule is [CH]CCNc1ccc2c(c1)CCC2. The number of hydrogen-bond acceptors (Lipinski definition) is 1. The molecule has 0 aliphatic heterocycles. The Morgan fingerprint density at radius 1 is 1.23 bits per heavy atom. The Kier molecular flexibility index (Phi) is 2.53. The molecule has 1 aromatic rings. The first-order chi connectivity index (χ1) is 6.40. The van der Waals surface area contributed by atoms with Crippen LogP contribution in [0.4, 0.5) is 5.69 Å². The summed E-state index contributed by atoms with van der Waals surface area (Å²) in [6.07, 6.45) is 4.51. The van der Waals surface area contributed by atoms with E-state index in [1.807, 2.05) is 0 Å². The van der Waals surface area contributed by atoms with Gasteiger partial charge in [-0.15, -0.1) is 0 Å². The third-order valence-corrected chi connectivity index (χ3v) is 2.57. The van der Waals surface area contributed by atoms with Crippen molar-refractivity contribution in [2.75, 3.05) is 11.9 Å². The first-order valence-electron chi connectivity index (χ1n) is 4.96. The van der Waals surface area contributed by atoms with Gasteiger partial charge in [0.25, 0.3) is 0 Å². The van der Waals surface area contributed by atoms with Gasteiger partial charge in [0, 0.05) is 12.2 Å². The Labute approximate surface area is 80.2 Å². The third-order valence-electron chi connectivity index (χ3n) is 2.57. The molecule has 2 rings (SSSR count). The Hall–Kier alpha value is -0.980. The van der Waals surface area contributed by atoms with E-state index < -0.39 is 0 Å². The second kappa shape index (κ2) is 3.82. The highest BCUT2D eigenvalue weighted by Crippen LogP contribution is 2.24. The second-order valence-electron chi connectivity index (χ2n) is 3.55. The fraction of sp³-hybridized carbons (Fsp3) is 0.417. The predicted molar refractivity (Wildman–Crippen MR) is 55.9 cm³/mol. The number of anilines is 1. The van der Waals surface area contributed by atoms with Crippen molar-refractivity contribution < 1.29 is 0 Å². The molecule has 2 radical (unpaired) electrons. The number of hydrogen-bond donors (Lipinski definition) is 1. The third kappa shape index (κ3) is 1.85. The zero-order chi connectivity index (χ0) is 9.10. The summed E-state index contributed by atoms with van der Waals surface area (Å²) >= 11 is 0. The van der Waals surface area contributed by atoms with Crippen LogP contribution in [0.5, 0.6) is 0 Å². The number of benzene rings is 1. The van der Waals surface area contributed by atoms with E-state index in [4.69, 9.17) is 6.92 Å². The van der Waals surface area contributed by atoms with Crippen molar-refractivity contribution in [2.45, 2.75) is 25.7 Å². The maximum absolute atomic E-state index is 5.43. The van der Waals surface area contributed by atoms with Crippen molar-refractivity contribution in [3.63, 3.8) is 0 Å². The molecule has 0 spiro atoms. The molecule has 1 N–H and O–H groups in total. The van der Waals surface area contributed by atoms with E-state index in [9.17, 15) is 0 Å². The molecule has 1 nitrogen and oxygen atoms in total. The van der Waals surface area contributed by atoms with E-state index in [0.29, 0.717) is 6.42 Å². The maximum Gasteiger partial charge on any atom is 0.0343 e. The lowest BCUT2D eigenvalue weighted by Gasteiger charge is -2.06. The van der Waals surface area contributed by atoms with Crippen molar-refractivity contribution in [1.29, 1.82) is 0 Å². The molecule has 13 heavy (non-hydrogen) atoms. The highest BCUT2D eigenvalue weighted by atomic mass is 14.9. The van der Waals surface area contributed by atoms with Crippen LogP contribution in [0.2, 0.25) is 0 Å². The summed E-state index contributed by atoms with van der Waals surface area (Å²) < 4.78 is 0. The summed E-state index contributed by atoms with van der Waals surface area (Å²) in [6.45, 7) is 6.29. The molecule has 0 amide bonds. The van der Waals surface area contributed by atoms with E-state index in [0.717, 1.165) is 6.54 Å². The van der Waals surface area contributed by atoms with Crippen LogP contribution in [-0.4, -0.2) is 6.54 Å². The highest BCUT2D eigenvalue weighted by molar-refractivity contribution is 5.50. The molecule has 0 atom stereocenters. The van der Waals surface area contributed by atoms with Crippen LogP contribution in [-0.2, 0) is 12.8 Å². The molecule has 0 fully saturated rings. The lowest BCUT2D eigenvalue weighted by Crippen LogP contribution is -2.00. The Morgan fingerprint density at radius 3 is 2.92 bits per heavy atom. The molecule has 1 aromatic carbocycles. The van der Waals surface area contributed by atoms with Crippen molar-refractivity contribution in [3.05, 3.63) is 36.2 Å². The highest BCUT2D eigenvalue weighted by Gasteiger charge is 2.09. The van der Waals surface area contributed by atoms with Crippen molar-refractivity contribution in [2.24, 2.45) is 0 Å². The van der Waals surface area contributed by atoms with Gasteiger partial charge in [-0.25, -0.2) is 0 Å². The summed E-state index contributed by atoms with van der Waals surface area (Å²) in [6, 6.07) is 6.65. The van der Waals surface area contributed by atoms with Gasteiger partial charge in [0.05, 0.1) is 0 Å². The Bertz CT molecular complexity index is 291. The number of aryl methyl sites for hydroxylation is 2. The number of fused-ring (bicyclic) bond motifs is 1. The Balaban J connectivity index is 2.12. The molecule has 0 saturated heterocycles. The van der Waals surface area contributed by atoms with Gasteiger partial charge in [-0.05, 0) is 55.9 Å². The fourth-order valence-electron chi connectivity index (χ4n) is 1.90. The zero-order valence-corrected chi connectivity index (χ0v) is 7.84. The van der Waals surface area contributed by atoms with E-state index >= 15 is 0 Å². The average molecular weight is 173 g/mol. The topological polar surface area (TPSA) is 12.0 Å². The fourth-order valence-corrected chi connectivity index (χ4v) is 1.90. The molecule has 0 saturated carbocycles. The van der Waals surface area contributed by atoms with E-state index in [1.54, 1.807) is 0 Å². The molecule has 0 heterocycles. The zero-order valence-electron chi connectivity index (χ0n) is 7.84. The molecule has 1 aliphatic carbocycles. The van der Waals surface area contributed by atoms with Gasteiger partial charge in [0.1, 0.15) is 0 Å². The van der Waals surface area contributed by atoms with Crippen LogP contribution in [0.1, 0.15) is 24.0 Å². The van der Waals surface area contributed by atoms with Crippen LogP contribution >= 0.6 is 0 Å². The summed E-state index contributed by atoms with van der Waals surface area (Å²) in [5, 5.41) is 3.30. The van der Waals surface area contributed by atoms with Crippen LogP contribution in [0, 0.1) is 6.92 Å². The predicted octanol–water partition coefficient (Wildman–Crippen LogP) is 2.69. The first-order valence-corrected chi connectivity index (χ1v) is 4.96. The van der Waals surface area contributed by atoms with Crippen molar-refractivity contribution in [1.82, 2.24) is 0 Å². The van der Waals surface area contributed by atoms with Gasteiger partial charge in [0.2, 0.25) is 0 Å². The van der Waals surface area contributed by atoms with Crippen LogP contribution < -0.4 is 5.32 Å². The normalized spacial score (nSPS) is 14.2. The molecule has 0 unspecified atom stereocenters. The molecular weight excluding hydrogens is 158 g/mol. The summed E-state index contributed by atoms with van der Waals surface area (Å²) in [5.74, 6) is 0. The first kappa shape index (κ1) is 8.61. The summed E-state index contributed by atoms with van der Waals surface area (Å²) in [5.41, 5.74) is 4.26. The van der Waals surface area contributed by atoms with Crippen molar-refractivity contribution in [3.8, 4) is 0 Å². The minimum Gasteiger partial charge on any atom is -0.385 e. The number of rotatable bonds is 3. The largest absolute Gasteiger partial charge is 0.385 e. The van der Waals surface area contributed by atoms with E-state index in [1.165, 1.54) is 36.1 Å². The molecule has 1 aliphatic rings. The van der Waals surface area contributed by atoms with Gasteiger partial charge in [-0.3, -0.25) is 0 Å². The van der Waals surface area contributed by atoms with Gasteiger partial charge in [-0.1, -0.05) is 6.07 Å². The second-order valence-corrected chi connectivity index (χ2v) is 3.55. The van der Waals surface area contributed by atoms with E-state index in [2.05, 4.69) is 23.5 Å². The van der Waals surface area contributed by atoms with Gasteiger partial charge in [0.15, 0.2) is 0 Å². The standard InChI is InChI=1S/C12H15N/c1-2-8-13-12-7-6-10-4-3-5-11(10)9-12/h1,6-7,9,13H,2-5,8H2. The van der Waals surface area contributed by atoms with Crippen LogP contribution in [0.15, 0.2) is 18.2 Å². The smallest absolute Gasteiger partial charge is 0.0343 e. The van der Waals surface area contributed by atoms with E-state index in [-0.39, 0.29) is 0 Å². The minimum absolute atomic E-state index is 0.692. The van der Waals surface area contributed by atoms with Gasteiger partial charge >= 0.3 is 0 Å². The molecule has 0 aromatic heterocycles. The lowest BCUT2D eigenvalue weighted by molar-refractivity contribution is 0.912. The van der Waals surface area contributed by atoms with Crippen molar-refractivity contribution >= 4 is 5.69 Å². The summed E-state index contributed by atoms with van der Waals surface area (Å²) in [4.78, 5) is 0. The molecule has 0 bridgehead atoms. The molecular formula is C12H15N. The molecule has 1 heteroatoms.